The molecule has 0 atom stereocenters. The molecule has 5 rings (SSSR count). The number of aromatic nitrogens is 7. The number of carbonyl (C=O) groups is 1. The van der Waals surface area contributed by atoms with E-state index in [1.54, 1.807) is 44.7 Å². The molecule has 0 aliphatic carbocycles. The van der Waals surface area contributed by atoms with Crippen molar-refractivity contribution in [3.8, 4) is 22.8 Å². The van der Waals surface area contributed by atoms with E-state index in [2.05, 4.69) is 20.3 Å². The Morgan fingerprint density at radius 1 is 1.14 bits per heavy atom. The van der Waals surface area contributed by atoms with Gasteiger partial charge in [-0.25, -0.2) is 14.3 Å². The number of halogens is 4. The minimum atomic E-state index is -4.62. The lowest BCUT2D eigenvalue weighted by atomic mass is 10.1. The molecule has 1 amide bonds. The average Bonchev–Trinajstić information content (AvgIpc) is 3.52. The Morgan fingerprint density at radius 2 is 1.86 bits per heavy atom. The third kappa shape index (κ3) is 4.25. The standard InChI is InChI=1S/C23H22ClF3N8O/c1-13(2)35-20(16(24)11-28-35)17-10-18-33(19(36)8-9-34(18)30-17)12-14-4-6-15(7-5-14)21-29-22(23(25,26)27)31-32(21)3/h4-7,10-11,13H,8-9,12H2,1-3H3. The van der Waals surface area contributed by atoms with Crippen molar-refractivity contribution < 1.29 is 18.0 Å². The van der Waals surface area contributed by atoms with Crippen LogP contribution in [0.25, 0.3) is 22.8 Å². The Balaban J connectivity index is 1.42. The Bertz CT molecular complexity index is 1430. The second-order valence-electron chi connectivity index (χ2n) is 8.80. The van der Waals surface area contributed by atoms with E-state index < -0.39 is 12.0 Å². The van der Waals surface area contributed by atoms with Crippen molar-refractivity contribution in [2.45, 2.75) is 45.6 Å². The molecule has 13 heteroatoms. The molecule has 188 valence electrons. The zero-order valence-electron chi connectivity index (χ0n) is 19.7. The number of benzene rings is 1. The molecule has 0 radical (unpaired) electrons. The van der Waals surface area contributed by atoms with Crippen LogP contribution in [0, 0.1) is 0 Å². The Labute approximate surface area is 209 Å². The summed E-state index contributed by atoms with van der Waals surface area (Å²) in [5.41, 5.74) is 2.59. The minimum absolute atomic E-state index is 0.0513. The molecule has 0 fully saturated rings. The maximum atomic E-state index is 13.0. The molecular formula is C23H22ClF3N8O. The van der Waals surface area contributed by atoms with Gasteiger partial charge in [0.1, 0.15) is 17.2 Å². The fourth-order valence-corrected chi connectivity index (χ4v) is 4.44. The lowest BCUT2D eigenvalue weighted by molar-refractivity contribution is -0.144. The van der Waals surface area contributed by atoms with E-state index in [1.807, 2.05) is 19.9 Å². The average molecular weight is 519 g/mol. The minimum Gasteiger partial charge on any atom is -0.292 e. The molecule has 1 aromatic carbocycles. The van der Waals surface area contributed by atoms with Crippen molar-refractivity contribution in [3.05, 3.63) is 52.9 Å². The van der Waals surface area contributed by atoms with Gasteiger partial charge < -0.3 is 0 Å². The SMILES string of the molecule is CC(C)n1ncc(Cl)c1-c1cc2n(n1)CCC(=O)N2Cc1ccc(-c2nc(C(F)(F)F)nn2C)cc1. The summed E-state index contributed by atoms with van der Waals surface area (Å²) in [6, 6.07) is 8.74. The van der Waals surface area contributed by atoms with Gasteiger partial charge in [0, 0.05) is 31.1 Å². The number of hydrogen-bond donors (Lipinski definition) is 0. The van der Waals surface area contributed by atoms with Gasteiger partial charge in [0.2, 0.25) is 5.91 Å². The number of aryl methyl sites for hydroxylation is 2. The number of amides is 1. The summed E-state index contributed by atoms with van der Waals surface area (Å²) < 4.78 is 43.5. The maximum Gasteiger partial charge on any atom is 0.453 e. The van der Waals surface area contributed by atoms with E-state index in [-0.39, 0.29) is 24.3 Å². The molecule has 0 saturated carbocycles. The van der Waals surface area contributed by atoms with Crippen LogP contribution in [0.4, 0.5) is 19.0 Å². The topological polar surface area (TPSA) is 86.7 Å². The first-order valence-electron chi connectivity index (χ1n) is 11.2. The summed E-state index contributed by atoms with van der Waals surface area (Å²) in [6.45, 7) is 4.71. The van der Waals surface area contributed by atoms with Crippen molar-refractivity contribution in [1.29, 1.82) is 0 Å². The van der Waals surface area contributed by atoms with Gasteiger partial charge in [-0.2, -0.15) is 23.4 Å². The zero-order valence-corrected chi connectivity index (χ0v) is 20.4. The molecule has 1 aliphatic heterocycles. The Kier molecular flexibility index (Phi) is 5.86. The molecule has 0 saturated heterocycles. The van der Waals surface area contributed by atoms with Crippen molar-refractivity contribution in [1.82, 2.24) is 34.3 Å². The first-order chi connectivity index (χ1) is 17.0. The van der Waals surface area contributed by atoms with Gasteiger partial charge in [0.15, 0.2) is 5.82 Å². The number of hydrogen-bond acceptors (Lipinski definition) is 5. The maximum absolute atomic E-state index is 13.0. The normalized spacial score (nSPS) is 14.1. The highest BCUT2D eigenvalue weighted by Gasteiger charge is 2.37. The largest absolute Gasteiger partial charge is 0.453 e. The molecule has 36 heavy (non-hydrogen) atoms. The smallest absolute Gasteiger partial charge is 0.292 e. The van der Waals surface area contributed by atoms with E-state index in [0.29, 0.717) is 40.8 Å². The third-order valence-corrected chi connectivity index (χ3v) is 6.20. The van der Waals surface area contributed by atoms with E-state index >= 15 is 0 Å². The molecule has 0 spiro atoms. The fourth-order valence-electron chi connectivity index (χ4n) is 4.21. The second-order valence-corrected chi connectivity index (χ2v) is 9.20. The van der Waals surface area contributed by atoms with Gasteiger partial charge >= 0.3 is 6.18 Å². The number of anilines is 1. The third-order valence-electron chi connectivity index (χ3n) is 5.93. The Hall–Kier alpha value is -3.67. The number of alkyl halides is 3. The van der Waals surface area contributed by atoms with Gasteiger partial charge in [-0.15, -0.1) is 5.10 Å². The molecule has 4 aromatic rings. The first kappa shape index (κ1) is 24.0. The number of carbonyl (C=O) groups excluding carboxylic acids is 1. The summed E-state index contributed by atoms with van der Waals surface area (Å²) in [5.74, 6) is -0.499. The van der Waals surface area contributed by atoms with Crippen LogP contribution < -0.4 is 4.90 Å². The van der Waals surface area contributed by atoms with Crippen LogP contribution in [0.3, 0.4) is 0 Å². The van der Waals surface area contributed by atoms with Crippen LogP contribution in [-0.4, -0.2) is 40.2 Å². The molecular weight excluding hydrogens is 497 g/mol. The van der Waals surface area contributed by atoms with Crippen LogP contribution in [0.5, 0.6) is 0 Å². The van der Waals surface area contributed by atoms with Crippen LogP contribution in [0.1, 0.15) is 37.7 Å². The quantitative estimate of drug-likeness (QED) is 0.381. The summed E-state index contributed by atoms with van der Waals surface area (Å²) >= 11 is 6.40. The van der Waals surface area contributed by atoms with Crippen molar-refractivity contribution in [3.63, 3.8) is 0 Å². The van der Waals surface area contributed by atoms with E-state index in [0.717, 1.165) is 10.2 Å². The zero-order chi connectivity index (χ0) is 25.8. The monoisotopic (exact) mass is 518 g/mol. The molecule has 9 nitrogen and oxygen atoms in total. The van der Waals surface area contributed by atoms with Gasteiger partial charge in [-0.1, -0.05) is 35.9 Å². The van der Waals surface area contributed by atoms with Crippen molar-refractivity contribution in [2.24, 2.45) is 7.05 Å². The van der Waals surface area contributed by atoms with Crippen LogP contribution >= 0.6 is 11.6 Å². The van der Waals surface area contributed by atoms with Crippen LogP contribution in [-0.2, 0) is 31.1 Å². The van der Waals surface area contributed by atoms with Gasteiger partial charge in [0.05, 0.1) is 24.3 Å². The lowest BCUT2D eigenvalue weighted by Gasteiger charge is -2.27. The van der Waals surface area contributed by atoms with Gasteiger partial charge in [-0.3, -0.25) is 14.4 Å². The number of nitrogens with zero attached hydrogens (tertiary/aromatic N) is 8. The van der Waals surface area contributed by atoms with E-state index in [1.165, 1.54) is 7.05 Å². The highest BCUT2D eigenvalue weighted by atomic mass is 35.5. The molecule has 0 bridgehead atoms. The molecule has 3 aromatic heterocycles. The predicted molar refractivity (Wildman–Crippen MR) is 126 cm³/mol. The molecule has 1 aliphatic rings. The summed E-state index contributed by atoms with van der Waals surface area (Å²) in [6.07, 6.45) is -2.75. The first-order valence-corrected chi connectivity index (χ1v) is 11.6. The van der Waals surface area contributed by atoms with Crippen molar-refractivity contribution >= 4 is 23.3 Å². The molecule has 4 heterocycles. The van der Waals surface area contributed by atoms with Crippen LogP contribution in [0.15, 0.2) is 36.5 Å². The summed E-state index contributed by atoms with van der Waals surface area (Å²) in [5, 5.41) is 12.9. The second kappa shape index (κ2) is 8.77. The van der Waals surface area contributed by atoms with Gasteiger partial charge in [-0.05, 0) is 19.4 Å². The van der Waals surface area contributed by atoms with E-state index in [9.17, 15) is 18.0 Å². The molecule has 0 unspecified atom stereocenters. The summed E-state index contributed by atoms with van der Waals surface area (Å²) in [7, 11) is 1.41. The highest BCUT2D eigenvalue weighted by molar-refractivity contribution is 6.33. The van der Waals surface area contributed by atoms with E-state index in [4.69, 9.17) is 11.6 Å². The fraction of sp³-hybridized carbons (Fsp3) is 0.348. The predicted octanol–water partition coefficient (Wildman–Crippen LogP) is 4.73. The highest BCUT2D eigenvalue weighted by Crippen LogP contribution is 2.34. The molecule has 0 N–H and O–H groups in total. The number of fused-ring (bicyclic) bond motifs is 1. The van der Waals surface area contributed by atoms with Crippen molar-refractivity contribution in [2.75, 3.05) is 4.90 Å². The number of rotatable bonds is 5. The Morgan fingerprint density at radius 3 is 2.50 bits per heavy atom. The lowest BCUT2D eigenvalue weighted by Crippen LogP contribution is -2.36. The van der Waals surface area contributed by atoms with Gasteiger partial charge in [0.25, 0.3) is 5.82 Å². The van der Waals surface area contributed by atoms with Crippen LogP contribution in [0.2, 0.25) is 5.02 Å². The summed E-state index contributed by atoms with van der Waals surface area (Å²) in [4.78, 5) is 18.1.